The summed E-state index contributed by atoms with van der Waals surface area (Å²) < 4.78 is 6.41. The highest BCUT2D eigenvalue weighted by atomic mass is 79.9. The first-order chi connectivity index (χ1) is 8.24. The molecule has 0 amide bonds. The van der Waals surface area contributed by atoms with Crippen LogP contribution in [-0.2, 0) is 4.74 Å². The largest absolute Gasteiger partial charge is 0.396 e. The molecule has 1 saturated heterocycles. The second kappa shape index (κ2) is 5.80. The van der Waals surface area contributed by atoms with E-state index in [9.17, 15) is 0 Å². The Hall–Kier alpha value is -0.650. The predicted molar refractivity (Wildman–Crippen MR) is 70.0 cm³/mol. The molecule has 1 atom stereocenters. The number of halogens is 1. The maximum absolute atomic E-state index is 9.13. The molecule has 94 valence electrons. The summed E-state index contributed by atoms with van der Waals surface area (Å²) >= 11 is 3.39. The second-order valence-electron chi connectivity index (χ2n) is 4.52. The highest BCUT2D eigenvalue weighted by molar-refractivity contribution is 9.10. The normalized spacial score (nSPS) is 23.9. The zero-order chi connectivity index (χ0) is 12.1. The molecule has 1 aromatic heterocycles. The van der Waals surface area contributed by atoms with Gasteiger partial charge in [0.2, 0.25) is 0 Å². The zero-order valence-electron chi connectivity index (χ0n) is 9.66. The van der Waals surface area contributed by atoms with E-state index in [1.807, 2.05) is 6.07 Å². The van der Waals surface area contributed by atoms with Gasteiger partial charge in [0, 0.05) is 35.8 Å². The molecule has 2 heterocycles. The van der Waals surface area contributed by atoms with Crippen LogP contribution in [0.4, 0.5) is 5.69 Å². The van der Waals surface area contributed by atoms with Crippen molar-refractivity contribution in [3.63, 3.8) is 0 Å². The molecule has 0 aromatic carbocycles. The van der Waals surface area contributed by atoms with Gasteiger partial charge in [0.25, 0.3) is 0 Å². The van der Waals surface area contributed by atoms with Gasteiger partial charge in [0.1, 0.15) is 0 Å². The van der Waals surface area contributed by atoms with E-state index in [1.165, 1.54) is 0 Å². The summed E-state index contributed by atoms with van der Waals surface area (Å²) in [7, 11) is 0. The molecule has 1 fully saturated rings. The van der Waals surface area contributed by atoms with Gasteiger partial charge in [0.05, 0.1) is 18.5 Å². The summed E-state index contributed by atoms with van der Waals surface area (Å²) in [5.41, 5.74) is 1.06. The first-order valence-corrected chi connectivity index (χ1v) is 6.56. The molecule has 17 heavy (non-hydrogen) atoms. The minimum Gasteiger partial charge on any atom is -0.396 e. The molecule has 5 heteroatoms. The number of hydrogen-bond acceptors (Lipinski definition) is 4. The van der Waals surface area contributed by atoms with Gasteiger partial charge in [-0.15, -0.1) is 0 Å². The Balaban J connectivity index is 1.95. The SMILES string of the molecule is OCCC1(CNc2cncc(Br)c2)CCOC1. The minimum atomic E-state index is 0.0665. The maximum Gasteiger partial charge on any atom is 0.0540 e. The van der Waals surface area contributed by atoms with E-state index in [2.05, 4.69) is 26.2 Å². The lowest BCUT2D eigenvalue weighted by Gasteiger charge is -2.27. The van der Waals surface area contributed by atoms with Gasteiger partial charge in [-0.25, -0.2) is 0 Å². The number of hydrogen-bond donors (Lipinski definition) is 2. The molecule has 1 aliphatic rings. The Labute approximate surface area is 110 Å². The number of aliphatic hydroxyl groups is 1. The summed E-state index contributed by atoms with van der Waals surface area (Å²) in [6.07, 6.45) is 5.34. The monoisotopic (exact) mass is 300 g/mol. The zero-order valence-corrected chi connectivity index (χ0v) is 11.2. The number of aromatic nitrogens is 1. The Morgan fingerprint density at radius 2 is 2.41 bits per heavy atom. The number of anilines is 1. The smallest absolute Gasteiger partial charge is 0.0540 e. The Bertz CT molecular complexity index is 367. The van der Waals surface area contributed by atoms with Crippen LogP contribution in [0.15, 0.2) is 22.9 Å². The van der Waals surface area contributed by atoms with Crippen LogP contribution in [0.5, 0.6) is 0 Å². The van der Waals surface area contributed by atoms with Crippen LogP contribution in [0.2, 0.25) is 0 Å². The highest BCUT2D eigenvalue weighted by Crippen LogP contribution is 2.32. The number of nitrogens with one attached hydrogen (secondary N) is 1. The van der Waals surface area contributed by atoms with Gasteiger partial charge in [-0.1, -0.05) is 0 Å². The topological polar surface area (TPSA) is 54.4 Å². The Morgan fingerprint density at radius 3 is 3.06 bits per heavy atom. The first-order valence-electron chi connectivity index (χ1n) is 5.77. The first kappa shape index (κ1) is 12.8. The molecule has 1 aromatic rings. The van der Waals surface area contributed by atoms with Crippen LogP contribution < -0.4 is 5.32 Å². The molecular weight excluding hydrogens is 284 g/mol. The molecule has 2 N–H and O–H groups in total. The number of aliphatic hydroxyl groups excluding tert-OH is 1. The van der Waals surface area contributed by atoms with Gasteiger partial charge in [-0.05, 0) is 34.8 Å². The number of ether oxygens (including phenoxy) is 1. The van der Waals surface area contributed by atoms with Crippen LogP contribution in [0.3, 0.4) is 0 Å². The summed E-state index contributed by atoms with van der Waals surface area (Å²) in [5.74, 6) is 0. The van der Waals surface area contributed by atoms with Crippen molar-refractivity contribution in [2.45, 2.75) is 12.8 Å². The van der Waals surface area contributed by atoms with Crippen LogP contribution >= 0.6 is 15.9 Å². The van der Waals surface area contributed by atoms with E-state index in [0.717, 1.165) is 42.8 Å². The molecule has 0 aliphatic carbocycles. The molecule has 0 bridgehead atoms. The summed E-state index contributed by atoms with van der Waals surface area (Å²) in [5, 5.41) is 12.5. The van der Waals surface area contributed by atoms with Crippen molar-refractivity contribution in [3.05, 3.63) is 22.9 Å². The van der Waals surface area contributed by atoms with Crippen LogP contribution in [0, 0.1) is 5.41 Å². The van der Waals surface area contributed by atoms with Crippen molar-refractivity contribution in [2.24, 2.45) is 5.41 Å². The van der Waals surface area contributed by atoms with Crippen molar-refractivity contribution in [2.75, 3.05) is 31.7 Å². The highest BCUT2D eigenvalue weighted by Gasteiger charge is 2.34. The van der Waals surface area contributed by atoms with Gasteiger partial charge in [-0.2, -0.15) is 0 Å². The quantitative estimate of drug-likeness (QED) is 0.874. The van der Waals surface area contributed by atoms with E-state index in [-0.39, 0.29) is 12.0 Å². The molecule has 1 aliphatic heterocycles. The van der Waals surface area contributed by atoms with E-state index < -0.39 is 0 Å². The van der Waals surface area contributed by atoms with Crippen molar-refractivity contribution in [1.29, 1.82) is 0 Å². The van der Waals surface area contributed by atoms with E-state index >= 15 is 0 Å². The molecule has 4 nitrogen and oxygen atoms in total. The standard InChI is InChI=1S/C12H17BrN2O2/c13-10-5-11(7-14-6-10)15-8-12(1-3-16)2-4-17-9-12/h5-7,15-16H,1-4,8-9H2. The average Bonchev–Trinajstić information content (AvgIpc) is 2.76. The van der Waals surface area contributed by atoms with Crippen LogP contribution in [0.1, 0.15) is 12.8 Å². The number of pyridine rings is 1. The van der Waals surface area contributed by atoms with Crippen molar-refractivity contribution >= 4 is 21.6 Å². The van der Waals surface area contributed by atoms with Gasteiger partial charge < -0.3 is 15.2 Å². The molecular formula is C12H17BrN2O2. The molecule has 0 saturated carbocycles. The lowest BCUT2D eigenvalue weighted by atomic mass is 9.84. The molecule has 2 rings (SSSR count). The minimum absolute atomic E-state index is 0.0665. The summed E-state index contributed by atoms with van der Waals surface area (Å²) in [6.45, 7) is 2.54. The van der Waals surface area contributed by atoms with Crippen molar-refractivity contribution in [3.8, 4) is 0 Å². The molecule has 0 radical (unpaired) electrons. The Kier molecular flexibility index (Phi) is 4.36. The van der Waals surface area contributed by atoms with Crippen molar-refractivity contribution < 1.29 is 9.84 Å². The lowest BCUT2D eigenvalue weighted by Crippen LogP contribution is -2.31. The summed E-state index contributed by atoms with van der Waals surface area (Å²) in [6, 6.07) is 2.00. The number of nitrogens with zero attached hydrogens (tertiary/aromatic N) is 1. The third kappa shape index (κ3) is 3.40. The van der Waals surface area contributed by atoms with E-state index in [0.29, 0.717) is 0 Å². The number of rotatable bonds is 5. The molecule has 1 unspecified atom stereocenters. The van der Waals surface area contributed by atoms with E-state index in [4.69, 9.17) is 9.84 Å². The van der Waals surface area contributed by atoms with Crippen LogP contribution in [-0.4, -0.2) is 36.5 Å². The predicted octanol–water partition coefficient (Wildman–Crippen LogP) is 2.05. The fraction of sp³-hybridized carbons (Fsp3) is 0.583. The lowest BCUT2D eigenvalue weighted by molar-refractivity contribution is 0.133. The fourth-order valence-electron chi connectivity index (χ4n) is 2.11. The van der Waals surface area contributed by atoms with E-state index in [1.54, 1.807) is 12.4 Å². The molecule has 0 spiro atoms. The van der Waals surface area contributed by atoms with Gasteiger partial charge in [-0.3, -0.25) is 4.98 Å². The van der Waals surface area contributed by atoms with Crippen LogP contribution in [0.25, 0.3) is 0 Å². The third-order valence-electron chi connectivity index (χ3n) is 3.20. The van der Waals surface area contributed by atoms with Crippen molar-refractivity contribution in [1.82, 2.24) is 4.98 Å². The van der Waals surface area contributed by atoms with Gasteiger partial charge >= 0.3 is 0 Å². The Morgan fingerprint density at radius 1 is 1.53 bits per heavy atom. The third-order valence-corrected chi connectivity index (χ3v) is 3.63. The maximum atomic E-state index is 9.13. The second-order valence-corrected chi connectivity index (χ2v) is 5.44. The summed E-state index contributed by atoms with van der Waals surface area (Å²) in [4.78, 5) is 4.11. The average molecular weight is 301 g/mol. The fourth-order valence-corrected chi connectivity index (χ4v) is 2.47. The van der Waals surface area contributed by atoms with Gasteiger partial charge in [0.15, 0.2) is 0 Å².